The Kier molecular flexibility index (Phi) is 12.0. The van der Waals surface area contributed by atoms with Gasteiger partial charge in [0.1, 0.15) is 18.1 Å². The van der Waals surface area contributed by atoms with Crippen LogP contribution in [0.3, 0.4) is 0 Å². The van der Waals surface area contributed by atoms with Gasteiger partial charge in [-0.05, 0) is 55.8 Å². The molecule has 0 unspecified atom stereocenters. The highest BCUT2D eigenvalue weighted by atomic mass is 16.5. The van der Waals surface area contributed by atoms with Crippen molar-refractivity contribution in [1.29, 1.82) is 0 Å². The molecule has 0 fully saturated rings. The van der Waals surface area contributed by atoms with Gasteiger partial charge in [0.25, 0.3) is 0 Å². The molecule has 0 aliphatic rings. The first-order valence-corrected chi connectivity index (χ1v) is 11.2. The molecule has 0 radical (unpaired) electrons. The lowest BCUT2D eigenvalue weighted by Gasteiger charge is -2.16. The number of likely N-dealkylation sites (N-methyl/N-ethyl adjacent to an activating group) is 1. The molecule has 0 atom stereocenters. The van der Waals surface area contributed by atoms with Crippen LogP contribution in [0, 0.1) is 0 Å². The fraction of sp³-hybridized carbons (Fsp3) is 0.480. The molecule has 0 bridgehead atoms. The molecular weight excluding hydrogens is 404 g/mol. The number of methoxy groups -OCH3 is 2. The molecule has 32 heavy (non-hydrogen) atoms. The van der Waals surface area contributed by atoms with E-state index >= 15 is 0 Å². The molecule has 2 aromatic carbocycles. The number of rotatable bonds is 14. The predicted molar refractivity (Wildman–Crippen MR) is 131 cm³/mol. The van der Waals surface area contributed by atoms with Gasteiger partial charge in [-0.2, -0.15) is 0 Å². The highest BCUT2D eigenvalue weighted by Gasteiger charge is 2.02. The zero-order valence-electron chi connectivity index (χ0n) is 19.9. The van der Waals surface area contributed by atoms with E-state index in [9.17, 15) is 0 Å². The first-order chi connectivity index (χ1) is 15.6. The van der Waals surface area contributed by atoms with Gasteiger partial charge < -0.3 is 29.7 Å². The molecule has 0 aromatic heterocycles. The van der Waals surface area contributed by atoms with Crippen LogP contribution in [0.25, 0.3) is 0 Å². The van der Waals surface area contributed by atoms with Gasteiger partial charge in [0.05, 0.1) is 20.3 Å². The van der Waals surface area contributed by atoms with Crippen LogP contribution in [0.2, 0.25) is 0 Å². The molecule has 176 valence electrons. The van der Waals surface area contributed by atoms with Crippen molar-refractivity contribution in [1.82, 2.24) is 15.5 Å². The van der Waals surface area contributed by atoms with Gasteiger partial charge in [0, 0.05) is 33.3 Å². The lowest BCUT2D eigenvalue weighted by Crippen LogP contribution is -2.38. The fourth-order valence-electron chi connectivity index (χ4n) is 3.04. The van der Waals surface area contributed by atoms with Gasteiger partial charge in [-0.3, -0.25) is 0 Å². The summed E-state index contributed by atoms with van der Waals surface area (Å²) in [5, 5.41) is 6.71. The zero-order valence-corrected chi connectivity index (χ0v) is 19.9. The second kappa shape index (κ2) is 15.1. The highest BCUT2D eigenvalue weighted by molar-refractivity contribution is 5.79. The van der Waals surface area contributed by atoms with Crippen LogP contribution >= 0.6 is 0 Å². The summed E-state index contributed by atoms with van der Waals surface area (Å²) in [6, 6.07) is 16.3. The molecule has 0 aliphatic carbocycles. The van der Waals surface area contributed by atoms with Crippen molar-refractivity contribution >= 4 is 5.96 Å². The number of hydrogen-bond donors (Lipinski definition) is 2. The van der Waals surface area contributed by atoms with E-state index in [1.54, 1.807) is 14.2 Å². The van der Waals surface area contributed by atoms with E-state index in [-0.39, 0.29) is 0 Å². The van der Waals surface area contributed by atoms with Crippen molar-refractivity contribution < 1.29 is 14.2 Å². The van der Waals surface area contributed by atoms with Crippen LogP contribution in [-0.2, 0) is 17.7 Å². The maximum absolute atomic E-state index is 5.91. The molecule has 2 N–H and O–H groups in total. The summed E-state index contributed by atoms with van der Waals surface area (Å²) in [6.45, 7) is 7.39. The minimum absolute atomic E-state index is 0.586. The first kappa shape index (κ1) is 25.5. The van der Waals surface area contributed by atoms with Gasteiger partial charge in [-0.25, -0.2) is 4.99 Å². The Labute approximate surface area is 192 Å². The average Bonchev–Trinajstić information content (AvgIpc) is 2.82. The summed E-state index contributed by atoms with van der Waals surface area (Å²) in [5.74, 6) is 2.56. The number of nitrogens with one attached hydrogen (secondary N) is 2. The van der Waals surface area contributed by atoms with Crippen LogP contribution < -0.4 is 20.1 Å². The molecule has 7 nitrogen and oxygen atoms in total. The standard InChI is InChI=1S/C25H38N4O3/c1-5-26-25(27-14-13-21-9-11-23(31-4)12-10-21)28-20-22-7-6-8-24(19-22)32-18-16-29(2)15-17-30-3/h6-12,19H,5,13-18,20H2,1-4H3,(H2,26,27,28). The molecule has 0 aliphatic heterocycles. The third kappa shape index (κ3) is 10.0. The summed E-state index contributed by atoms with van der Waals surface area (Å²) in [7, 11) is 5.47. The summed E-state index contributed by atoms with van der Waals surface area (Å²) in [4.78, 5) is 6.91. The van der Waals surface area contributed by atoms with Gasteiger partial charge >= 0.3 is 0 Å². The van der Waals surface area contributed by atoms with Crippen LogP contribution in [0.1, 0.15) is 18.1 Å². The maximum Gasteiger partial charge on any atom is 0.191 e. The number of benzene rings is 2. The second-order valence-electron chi connectivity index (χ2n) is 7.51. The van der Waals surface area contributed by atoms with Crippen molar-refractivity contribution in [3.8, 4) is 11.5 Å². The van der Waals surface area contributed by atoms with Gasteiger partial charge in [0.2, 0.25) is 0 Å². The van der Waals surface area contributed by atoms with Crippen LogP contribution in [-0.4, -0.2) is 71.5 Å². The van der Waals surface area contributed by atoms with E-state index in [4.69, 9.17) is 19.2 Å². The van der Waals surface area contributed by atoms with Gasteiger partial charge in [0.15, 0.2) is 5.96 Å². The summed E-state index contributed by atoms with van der Waals surface area (Å²) in [5.41, 5.74) is 2.37. The van der Waals surface area contributed by atoms with Crippen LogP contribution in [0.4, 0.5) is 0 Å². The van der Waals surface area contributed by atoms with E-state index in [1.165, 1.54) is 5.56 Å². The first-order valence-electron chi connectivity index (χ1n) is 11.2. The molecule has 0 saturated heterocycles. The Hall–Kier alpha value is -2.77. The molecule has 7 heteroatoms. The molecular formula is C25H38N4O3. The molecule has 0 heterocycles. The Morgan fingerprint density at radius 2 is 1.72 bits per heavy atom. The number of hydrogen-bond acceptors (Lipinski definition) is 5. The average molecular weight is 443 g/mol. The van der Waals surface area contributed by atoms with E-state index in [0.29, 0.717) is 13.2 Å². The molecule has 0 spiro atoms. The van der Waals surface area contributed by atoms with E-state index in [2.05, 4.69) is 53.8 Å². The number of guanidine groups is 1. The number of nitrogens with zero attached hydrogens (tertiary/aromatic N) is 2. The Balaban J connectivity index is 1.81. The summed E-state index contributed by atoms with van der Waals surface area (Å²) in [6.07, 6.45) is 0.913. The quantitative estimate of drug-likeness (QED) is 0.346. The summed E-state index contributed by atoms with van der Waals surface area (Å²) >= 11 is 0. The third-order valence-electron chi connectivity index (χ3n) is 4.95. The lowest BCUT2D eigenvalue weighted by atomic mass is 10.1. The third-order valence-corrected chi connectivity index (χ3v) is 4.95. The van der Waals surface area contributed by atoms with E-state index < -0.39 is 0 Å². The SMILES string of the molecule is CCNC(=NCc1cccc(OCCN(C)CCOC)c1)NCCc1ccc(OC)cc1. The maximum atomic E-state index is 5.91. The van der Waals surface area contributed by atoms with Crippen LogP contribution in [0.5, 0.6) is 11.5 Å². The molecule has 2 aromatic rings. The van der Waals surface area contributed by atoms with Gasteiger partial charge in [-0.1, -0.05) is 24.3 Å². The molecule has 0 saturated carbocycles. The van der Waals surface area contributed by atoms with Crippen molar-refractivity contribution in [2.24, 2.45) is 4.99 Å². The Morgan fingerprint density at radius 3 is 2.44 bits per heavy atom. The zero-order chi connectivity index (χ0) is 23.0. The highest BCUT2D eigenvalue weighted by Crippen LogP contribution is 2.14. The minimum atomic E-state index is 0.586. The Bertz CT molecular complexity index is 796. The molecule has 0 amide bonds. The topological polar surface area (TPSA) is 67.4 Å². The van der Waals surface area contributed by atoms with Crippen molar-refractivity contribution in [2.75, 3.05) is 60.7 Å². The predicted octanol–water partition coefficient (Wildman–Crippen LogP) is 2.95. The minimum Gasteiger partial charge on any atom is -0.497 e. The van der Waals surface area contributed by atoms with Crippen molar-refractivity contribution in [2.45, 2.75) is 19.9 Å². The van der Waals surface area contributed by atoms with Gasteiger partial charge in [-0.15, -0.1) is 0 Å². The van der Waals surface area contributed by atoms with Crippen LogP contribution in [0.15, 0.2) is 53.5 Å². The van der Waals surface area contributed by atoms with E-state index in [0.717, 1.165) is 62.2 Å². The fourth-order valence-corrected chi connectivity index (χ4v) is 3.04. The molecule has 2 rings (SSSR count). The largest absolute Gasteiger partial charge is 0.497 e. The number of aliphatic imine (C=N–C) groups is 1. The monoisotopic (exact) mass is 442 g/mol. The number of ether oxygens (including phenoxy) is 3. The van der Waals surface area contributed by atoms with Crippen molar-refractivity contribution in [3.05, 3.63) is 59.7 Å². The normalized spacial score (nSPS) is 11.5. The lowest BCUT2D eigenvalue weighted by molar-refractivity contribution is 0.150. The Morgan fingerprint density at radius 1 is 0.938 bits per heavy atom. The van der Waals surface area contributed by atoms with E-state index in [1.807, 2.05) is 24.3 Å². The summed E-state index contributed by atoms with van der Waals surface area (Å²) < 4.78 is 16.2. The van der Waals surface area contributed by atoms with Crippen molar-refractivity contribution in [3.63, 3.8) is 0 Å². The smallest absolute Gasteiger partial charge is 0.191 e. The second-order valence-corrected chi connectivity index (χ2v) is 7.51.